The highest BCUT2D eigenvalue weighted by molar-refractivity contribution is 6.35. The van der Waals surface area contributed by atoms with Crippen LogP contribution < -0.4 is 10.6 Å². The van der Waals surface area contributed by atoms with Crippen LogP contribution in [0.15, 0.2) is 54.7 Å². The van der Waals surface area contributed by atoms with Crippen LogP contribution in [0.5, 0.6) is 0 Å². The number of hydrogen-bond donors (Lipinski definition) is 3. The number of benzene rings is 2. The number of aromatic nitrogens is 1. The van der Waals surface area contributed by atoms with Gasteiger partial charge in [0.15, 0.2) is 0 Å². The van der Waals surface area contributed by atoms with E-state index in [9.17, 15) is 9.59 Å². The highest BCUT2D eigenvalue weighted by atomic mass is 16.3. The molecular weight excluding hydrogens is 354 g/mol. The van der Waals surface area contributed by atoms with Crippen molar-refractivity contribution in [2.45, 2.75) is 13.0 Å². The molecule has 6 heteroatoms. The Kier molecular flexibility index (Phi) is 4.95. The number of para-hydroxylation sites is 2. The van der Waals surface area contributed by atoms with E-state index in [4.69, 9.17) is 5.11 Å². The van der Waals surface area contributed by atoms with E-state index in [2.05, 4.69) is 10.6 Å². The Labute approximate surface area is 162 Å². The zero-order valence-electron chi connectivity index (χ0n) is 15.3. The summed E-state index contributed by atoms with van der Waals surface area (Å²) in [5.41, 5.74) is 4.30. The molecule has 2 heterocycles. The summed E-state index contributed by atoms with van der Waals surface area (Å²) in [4.78, 5) is 24.3. The SMILES string of the molecule is O=C(CCn1cc(/C=C2/C(=O)Nc3ccccc32)c2ccccc21)NCCO. The lowest BCUT2D eigenvalue weighted by molar-refractivity contribution is -0.121. The van der Waals surface area contributed by atoms with Crippen LogP contribution in [0, 0.1) is 0 Å². The third kappa shape index (κ3) is 3.42. The van der Waals surface area contributed by atoms with Crippen LogP contribution in [0.4, 0.5) is 5.69 Å². The minimum atomic E-state index is -0.110. The van der Waals surface area contributed by atoms with Crippen LogP contribution >= 0.6 is 0 Å². The van der Waals surface area contributed by atoms with Gasteiger partial charge in [-0.15, -0.1) is 0 Å². The highest BCUT2D eigenvalue weighted by Crippen LogP contribution is 2.34. The van der Waals surface area contributed by atoms with Gasteiger partial charge >= 0.3 is 0 Å². The predicted molar refractivity (Wildman–Crippen MR) is 110 cm³/mol. The number of nitrogens with zero attached hydrogens (tertiary/aromatic N) is 1. The Bertz CT molecular complexity index is 1080. The molecule has 2 aromatic carbocycles. The maximum atomic E-state index is 12.4. The molecule has 3 N–H and O–H groups in total. The Hall–Kier alpha value is -3.38. The molecule has 3 aromatic rings. The molecule has 0 radical (unpaired) electrons. The summed E-state index contributed by atoms with van der Waals surface area (Å²) in [6.07, 6.45) is 4.20. The molecule has 1 aliphatic rings. The molecule has 6 nitrogen and oxygen atoms in total. The van der Waals surface area contributed by atoms with Crippen LogP contribution in [0.3, 0.4) is 0 Å². The second-order valence-corrected chi connectivity index (χ2v) is 6.68. The topological polar surface area (TPSA) is 83.4 Å². The number of anilines is 1. The van der Waals surface area contributed by atoms with Gasteiger partial charge in [0.1, 0.15) is 0 Å². The number of aliphatic hydroxyl groups is 1. The van der Waals surface area contributed by atoms with Gasteiger partial charge in [-0.3, -0.25) is 9.59 Å². The number of fused-ring (bicyclic) bond motifs is 2. The van der Waals surface area contributed by atoms with Crippen LogP contribution in [-0.2, 0) is 16.1 Å². The van der Waals surface area contributed by atoms with Gasteiger partial charge in [0.25, 0.3) is 5.91 Å². The van der Waals surface area contributed by atoms with Gasteiger partial charge in [0.05, 0.1) is 6.61 Å². The maximum Gasteiger partial charge on any atom is 0.256 e. The molecule has 0 bridgehead atoms. The Morgan fingerprint density at radius 3 is 2.79 bits per heavy atom. The van der Waals surface area contributed by atoms with Gasteiger partial charge in [0, 0.05) is 59.0 Å². The van der Waals surface area contributed by atoms with Crippen molar-refractivity contribution in [1.82, 2.24) is 9.88 Å². The lowest BCUT2D eigenvalue weighted by Crippen LogP contribution is -2.27. The summed E-state index contributed by atoms with van der Waals surface area (Å²) in [5, 5.41) is 15.4. The molecule has 1 aliphatic heterocycles. The van der Waals surface area contributed by atoms with Crippen LogP contribution in [0.2, 0.25) is 0 Å². The molecule has 0 aliphatic carbocycles. The average molecular weight is 375 g/mol. The normalized spacial score (nSPS) is 14.3. The van der Waals surface area contributed by atoms with Crippen LogP contribution in [0.1, 0.15) is 17.5 Å². The Morgan fingerprint density at radius 2 is 1.93 bits per heavy atom. The summed E-state index contributed by atoms with van der Waals surface area (Å²) < 4.78 is 2.03. The fourth-order valence-electron chi connectivity index (χ4n) is 3.52. The van der Waals surface area contributed by atoms with E-state index < -0.39 is 0 Å². The number of hydrogen-bond acceptors (Lipinski definition) is 3. The summed E-state index contributed by atoms with van der Waals surface area (Å²) in [6.45, 7) is 0.709. The van der Waals surface area contributed by atoms with Gasteiger partial charge in [-0.05, 0) is 18.2 Å². The molecule has 0 unspecified atom stereocenters. The molecular formula is C22H21N3O3. The predicted octanol–water partition coefficient (Wildman–Crippen LogP) is 2.63. The van der Waals surface area contributed by atoms with Crippen LogP contribution in [-0.4, -0.2) is 34.6 Å². The van der Waals surface area contributed by atoms with Crippen LogP contribution in [0.25, 0.3) is 22.6 Å². The number of amides is 2. The van der Waals surface area contributed by atoms with E-state index in [1.54, 1.807) is 0 Å². The van der Waals surface area contributed by atoms with Crippen molar-refractivity contribution < 1.29 is 14.7 Å². The van der Waals surface area contributed by atoms with Crippen molar-refractivity contribution in [2.75, 3.05) is 18.5 Å². The van der Waals surface area contributed by atoms with Crippen molar-refractivity contribution >= 4 is 40.1 Å². The first-order valence-corrected chi connectivity index (χ1v) is 9.25. The molecule has 0 saturated carbocycles. The lowest BCUT2D eigenvalue weighted by Gasteiger charge is -2.06. The summed E-state index contributed by atoms with van der Waals surface area (Å²) >= 11 is 0. The fourth-order valence-corrected chi connectivity index (χ4v) is 3.52. The van der Waals surface area contributed by atoms with Gasteiger partial charge in [-0.2, -0.15) is 0 Å². The van der Waals surface area contributed by atoms with E-state index in [1.807, 2.05) is 65.4 Å². The summed E-state index contributed by atoms with van der Waals surface area (Å²) in [7, 11) is 0. The van der Waals surface area contributed by atoms with Crippen molar-refractivity contribution in [1.29, 1.82) is 0 Å². The smallest absolute Gasteiger partial charge is 0.256 e. The Balaban J connectivity index is 1.67. The standard InChI is InChI=1S/C22H21N3O3/c26-12-10-23-21(27)9-11-25-14-15(16-5-2-4-8-20(16)25)13-18-17-6-1-3-7-19(17)24-22(18)28/h1-8,13-14,26H,9-12H2,(H,23,27)(H,24,28)/b18-13+. The molecule has 0 atom stereocenters. The number of rotatable bonds is 6. The third-order valence-electron chi connectivity index (χ3n) is 4.84. The van der Waals surface area contributed by atoms with E-state index in [0.717, 1.165) is 27.7 Å². The first-order valence-electron chi connectivity index (χ1n) is 9.25. The van der Waals surface area contributed by atoms with Gasteiger partial charge in [-0.25, -0.2) is 0 Å². The highest BCUT2D eigenvalue weighted by Gasteiger charge is 2.23. The van der Waals surface area contributed by atoms with Gasteiger partial charge < -0.3 is 20.3 Å². The van der Waals surface area contributed by atoms with E-state index in [0.29, 0.717) is 18.5 Å². The third-order valence-corrected chi connectivity index (χ3v) is 4.84. The monoisotopic (exact) mass is 375 g/mol. The molecule has 28 heavy (non-hydrogen) atoms. The minimum Gasteiger partial charge on any atom is -0.395 e. The second kappa shape index (κ2) is 7.70. The fraction of sp³-hybridized carbons (Fsp3) is 0.182. The number of nitrogens with one attached hydrogen (secondary N) is 2. The molecule has 0 fully saturated rings. The lowest BCUT2D eigenvalue weighted by atomic mass is 10.0. The van der Waals surface area contributed by atoms with Crippen molar-refractivity contribution in [3.63, 3.8) is 0 Å². The van der Waals surface area contributed by atoms with Gasteiger partial charge in [0.2, 0.25) is 5.91 Å². The second-order valence-electron chi connectivity index (χ2n) is 6.68. The molecule has 0 saturated heterocycles. The first-order chi connectivity index (χ1) is 13.7. The molecule has 4 rings (SSSR count). The Morgan fingerprint density at radius 1 is 1.14 bits per heavy atom. The van der Waals surface area contributed by atoms with E-state index in [1.165, 1.54) is 0 Å². The first kappa shape index (κ1) is 18.0. The minimum absolute atomic E-state index is 0.0700. The molecule has 142 valence electrons. The zero-order valence-corrected chi connectivity index (χ0v) is 15.3. The summed E-state index contributed by atoms with van der Waals surface area (Å²) in [5.74, 6) is -0.211. The number of aryl methyl sites for hydroxylation is 1. The largest absolute Gasteiger partial charge is 0.395 e. The number of carbonyl (C=O) groups excluding carboxylic acids is 2. The van der Waals surface area contributed by atoms with Crippen molar-refractivity contribution in [3.8, 4) is 0 Å². The van der Waals surface area contributed by atoms with E-state index in [-0.39, 0.29) is 25.0 Å². The van der Waals surface area contributed by atoms with Crippen molar-refractivity contribution in [3.05, 3.63) is 65.9 Å². The van der Waals surface area contributed by atoms with E-state index >= 15 is 0 Å². The average Bonchev–Trinajstić information content (AvgIpc) is 3.23. The maximum absolute atomic E-state index is 12.4. The number of carbonyl (C=O) groups is 2. The number of aliphatic hydroxyl groups excluding tert-OH is 1. The molecule has 2 amide bonds. The molecule has 0 spiro atoms. The zero-order chi connectivity index (χ0) is 19.5. The summed E-state index contributed by atoms with van der Waals surface area (Å²) in [6, 6.07) is 15.6. The quantitative estimate of drug-likeness (QED) is 0.579. The van der Waals surface area contributed by atoms with Gasteiger partial charge in [-0.1, -0.05) is 36.4 Å². The molecule has 1 aromatic heterocycles. The van der Waals surface area contributed by atoms with Crippen molar-refractivity contribution in [2.24, 2.45) is 0 Å².